The number of ether oxygens (including phenoxy) is 2. The Hall–Kier alpha value is -1.66. The standard InChI is InChI=1S/C11H17N3O3/c1-16-9(6-12)10(15)14-7-8-4-3-5-13-11(8)17-2/h3-5,9H,6-7,12H2,1-2H3,(H,14,15). The van der Waals surface area contributed by atoms with Crippen molar-refractivity contribution in [2.24, 2.45) is 5.73 Å². The molecule has 0 saturated heterocycles. The summed E-state index contributed by atoms with van der Waals surface area (Å²) < 4.78 is 9.99. The van der Waals surface area contributed by atoms with Gasteiger partial charge in [0, 0.05) is 32.0 Å². The van der Waals surface area contributed by atoms with E-state index in [1.165, 1.54) is 14.2 Å². The van der Waals surface area contributed by atoms with E-state index in [2.05, 4.69) is 10.3 Å². The summed E-state index contributed by atoms with van der Waals surface area (Å²) in [5.41, 5.74) is 6.19. The summed E-state index contributed by atoms with van der Waals surface area (Å²) in [6.07, 6.45) is 1.000. The van der Waals surface area contributed by atoms with Gasteiger partial charge < -0.3 is 20.5 Å². The SMILES string of the molecule is COc1ncccc1CNC(=O)C(CN)OC. The average Bonchev–Trinajstić information content (AvgIpc) is 2.38. The molecule has 1 amide bonds. The molecule has 6 heteroatoms. The van der Waals surface area contributed by atoms with Crippen LogP contribution >= 0.6 is 0 Å². The van der Waals surface area contributed by atoms with Crippen molar-refractivity contribution in [1.29, 1.82) is 0 Å². The Labute approximate surface area is 100 Å². The molecule has 0 aliphatic heterocycles. The Morgan fingerprint density at radius 3 is 2.94 bits per heavy atom. The van der Waals surface area contributed by atoms with Gasteiger partial charge in [0.25, 0.3) is 5.91 Å². The number of amides is 1. The van der Waals surface area contributed by atoms with E-state index >= 15 is 0 Å². The molecule has 1 aromatic heterocycles. The highest BCUT2D eigenvalue weighted by molar-refractivity contribution is 5.81. The van der Waals surface area contributed by atoms with Crippen molar-refractivity contribution in [1.82, 2.24) is 10.3 Å². The third kappa shape index (κ3) is 3.69. The molecule has 0 aromatic carbocycles. The van der Waals surface area contributed by atoms with Gasteiger partial charge in [-0.05, 0) is 6.07 Å². The molecule has 0 radical (unpaired) electrons. The van der Waals surface area contributed by atoms with Crippen LogP contribution in [0.2, 0.25) is 0 Å². The summed E-state index contributed by atoms with van der Waals surface area (Å²) >= 11 is 0. The maximum atomic E-state index is 11.6. The second-order valence-electron chi connectivity index (χ2n) is 3.35. The Kier molecular flexibility index (Phi) is 5.38. The fourth-order valence-electron chi connectivity index (χ4n) is 1.35. The first-order chi connectivity index (χ1) is 8.22. The average molecular weight is 239 g/mol. The van der Waals surface area contributed by atoms with Crippen molar-refractivity contribution in [2.75, 3.05) is 20.8 Å². The molecule has 0 fully saturated rings. The van der Waals surface area contributed by atoms with Gasteiger partial charge in [0.2, 0.25) is 5.88 Å². The third-order valence-corrected chi connectivity index (χ3v) is 2.29. The number of aromatic nitrogens is 1. The van der Waals surface area contributed by atoms with E-state index in [0.717, 1.165) is 5.56 Å². The van der Waals surface area contributed by atoms with Gasteiger partial charge in [-0.3, -0.25) is 4.79 Å². The second kappa shape index (κ2) is 6.82. The minimum absolute atomic E-state index is 0.145. The van der Waals surface area contributed by atoms with Crippen molar-refractivity contribution in [3.63, 3.8) is 0 Å². The normalized spacial score (nSPS) is 11.9. The van der Waals surface area contributed by atoms with Gasteiger partial charge in [0.05, 0.1) is 7.11 Å². The van der Waals surface area contributed by atoms with Gasteiger partial charge >= 0.3 is 0 Å². The van der Waals surface area contributed by atoms with Crippen LogP contribution in [0.5, 0.6) is 5.88 Å². The van der Waals surface area contributed by atoms with Crippen molar-refractivity contribution in [3.8, 4) is 5.88 Å². The molecule has 0 aliphatic carbocycles. The molecule has 0 bridgehead atoms. The summed E-state index contributed by atoms with van der Waals surface area (Å²) in [5, 5.41) is 2.71. The van der Waals surface area contributed by atoms with Crippen LogP contribution in [-0.2, 0) is 16.1 Å². The molecule has 94 valence electrons. The monoisotopic (exact) mass is 239 g/mol. The molecule has 0 saturated carbocycles. The summed E-state index contributed by atoms with van der Waals surface area (Å²) in [7, 11) is 2.98. The molecule has 17 heavy (non-hydrogen) atoms. The third-order valence-electron chi connectivity index (χ3n) is 2.29. The number of carbonyl (C=O) groups excluding carboxylic acids is 1. The fourth-order valence-corrected chi connectivity index (χ4v) is 1.35. The number of hydrogen-bond donors (Lipinski definition) is 2. The molecule has 1 atom stereocenters. The second-order valence-corrected chi connectivity index (χ2v) is 3.35. The molecule has 1 heterocycles. The highest BCUT2D eigenvalue weighted by Gasteiger charge is 2.15. The van der Waals surface area contributed by atoms with E-state index in [9.17, 15) is 4.79 Å². The molecule has 0 spiro atoms. The van der Waals surface area contributed by atoms with E-state index < -0.39 is 6.10 Å². The number of nitrogens with zero attached hydrogens (tertiary/aromatic N) is 1. The summed E-state index contributed by atoms with van der Waals surface area (Å²) in [4.78, 5) is 15.6. The molecule has 1 rings (SSSR count). The Bertz CT molecular complexity index is 367. The van der Waals surface area contributed by atoms with E-state index in [1.807, 2.05) is 6.07 Å². The lowest BCUT2D eigenvalue weighted by Gasteiger charge is -2.13. The molecule has 1 aromatic rings. The Morgan fingerprint density at radius 1 is 1.59 bits per heavy atom. The van der Waals surface area contributed by atoms with E-state index in [1.54, 1.807) is 12.3 Å². The van der Waals surface area contributed by atoms with Gasteiger partial charge in [0.1, 0.15) is 6.10 Å². The highest BCUT2D eigenvalue weighted by Crippen LogP contribution is 2.12. The van der Waals surface area contributed by atoms with Crippen LogP contribution in [0.15, 0.2) is 18.3 Å². The number of nitrogens with two attached hydrogens (primary N) is 1. The molecule has 6 nitrogen and oxygen atoms in total. The zero-order valence-electron chi connectivity index (χ0n) is 9.97. The molecule has 1 unspecified atom stereocenters. The predicted octanol–water partition coefficient (Wildman–Crippen LogP) is -0.320. The Morgan fingerprint density at radius 2 is 2.35 bits per heavy atom. The van der Waals surface area contributed by atoms with Crippen LogP contribution in [0.1, 0.15) is 5.56 Å². The summed E-state index contributed by atoms with van der Waals surface area (Å²) in [5.74, 6) is 0.246. The molecular weight excluding hydrogens is 222 g/mol. The molecular formula is C11H17N3O3. The number of hydrogen-bond acceptors (Lipinski definition) is 5. The zero-order chi connectivity index (χ0) is 12.7. The van der Waals surface area contributed by atoms with Crippen molar-refractivity contribution >= 4 is 5.91 Å². The lowest BCUT2D eigenvalue weighted by atomic mass is 10.2. The lowest BCUT2D eigenvalue weighted by Crippen LogP contribution is -2.40. The number of pyridine rings is 1. The van der Waals surface area contributed by atoms with Crippen LogP contribution in [0.25, 0.3) is 0 Å². The number of nitrogens with one attached hydrogen (secondary N) is 1. The highest BCUT2D eigenvalue weighted by atomic mass is 16.5. The zero-order valence-corrected chi connectivity index (χ0v) is 9.97. The van der Waals surface area contributed by atoms with Crippen molar-refractivity contribution in [2.45, 2.75) is 12.6 Å². The van der Waals surface area contributed by atoms with E-state index in [-0.39, 0.29) is 12.5 Å². The maximum Gasteiger partial charge on any atom is 0.250 e. The smallest absolute Gasteiger partial charge is 0.250 e. The van der Waals surface area contributed by atoms with Crippen LogP contribution < -0.4 is 15.8 Å². The first-order valence-corrected chi connectivity index (χ1v) is 5.21. The number of methoxy groups -OCH3 is 2. The first kappa shape index (κ1) is 13.4. The van der Waals surface area contributed by atoms with Gasteiger partial charge in [-0.2, -0.15) is 0 Å². The van der Waals surface area contributed by atoms with Crippen molar-refractivity contribution in [3.05, 3.63) is 23.9 Å². The lowest BCUT2D eigenvalue weighted by molar-refractivity contribution is -0.130. The van der Waals surface area contributed by atoms with Crippen LogP contribution in [0.3, 0.4) is 0 Å². The number of rotatable bonds is 6. The summed E-state index contributed by atoms with van der Waals surface area (Å²) in [6, 6.07) is 3.61. The van der Waals surface area contributed by atoms with Crippen molar-refractivity contribution < 1.29 is 14.3 Å². The largest absolute Gasteiger partial charge is 0.481 e. The first-order valence-electron chi connectivity index (χ1n) is 5.21. The van der Waals surface area contributed by atoms with E-state index in [0.29, 0.717) is 12.4 Å². The maximum absolute atomic E-state index is 11.6. The molecule has 0 aliphatic rings. The summed E-state index contributed by atoms with van der Waals surface area (Å²) in [6.45, 7) is 0.474. The number of carbonyl (C=O) groups is 1. The van der Waals surface area contributed by atoms with Gasteiger partial charge in [0.15, 0.2) is 0 Å². The van der Waals surface area contributed by atoms with Gasteiger partial charge in [-0.15, -0.1) is 0 Å². The minimum Gasteiger partial charge on any atom is -0.481 e. The van der Waals surface area contributed by atoms with Crippen LogP contribution in [-0.4, -0.2) is 37.8 Å². The van der Waals surface area contributed by atoms with Crippen LogP contribution in [0, 0.1) is 0 Å². The molecule has 3 N–H and O–H groups in total. The van der Waals surface area contributed by atoms with Crippen LogP contribution in [0.4, 0.5) is 0 Å². The predicted molar refractivity (Wildman–Crippen MR) is 62.5 cm³/mol. The van der Waals surface area contributed by atoms with Gasteiger partial charge in [-0.25, -0.2) is 4.98 Å². The van der Waals surface area contributed by atoms with Gasteiger partial charge in [-0.1, -0.05) is 6.07 Å². The Balaban J connectivity index is 2.58. The quantitative estimate of drug-likeness (QED) is 0.710. The fraction of sp³-hybridized carbons (Fsp3) is 0.455. The van der Waals surface area contributed by atoms with E-state index in [4.69, 9.17) is 15.2 Å². The topological polar surface area (TPSA) is 86.5 Å². The minimum atomic E-state index is -0.627.